The number of carboxylic acid groups (broad SMARTS) is 1. The second kappa shape index (κ2) is 16.2. The lowest BCUT2D eigenvalue weighted by Gasteiger charge is -2.27. The van der Waals surface area contributed by atoms with E-state index in [1.165, 1.54) is 11.8 Å². The fraction of sp³-hybridized carbons (Fsp3) is 0.789. The third kappa shape index (κ3) is 11.6. The molecule has 180 valence electrons. The molecule has 0 bridgehead atoms. The van der Waals surface area contributed by atoms with E-state index in [1.807, 2.05) is 6.26 Å². The number of carbonyl (C=O) groups is 4. The summed E-state index contributed by atoms with van der Waals surface area (Å²) in [6, 6.07) is -3.78. The zero-order valence-electron chi connectivity index (χ0n) is 18.4. The summed E-state index contributed by atoms with van der Waals surface area (Å²) in [4.78, 5) is 49.2. The Kier molecular flexibility index (Phi) is 15.4. The van der Waals surface area contributed by atoms with E-state index in [0.29, 0.717) is 31.6 Å². The number of rotatable bonds is 16. The van der Waals surface area contributed by atoms with Gasteiger partial charge in [-0.3, -0.25) is 14.4 Å². The second-order valence-electron chi connectivity index (χ2n) is 7.55. The summed E-state index contributed by atoms with van der Waals surface area (Å²) in [5, 5.41) is 17.1. The quantitative estimate of drug-likeness (QED) is 0.112. The molecule has 12 heteroatoms. The number of thiol groups is 1. The van der Waals surface area contributed by atoms with Crippen LogP contribution in [-0.2, 0) is 19.2 Å². The molecule has 4 unspecified atom stereocenters. The van der Waals surface area contributed by atoms with Crippen molar-refractivity contribution >= 4 is 48.1 Å². The van der Waals surface area contributed by atoms with Crippen molar-refractivity contribution < 1.29 is 24.3 Å². The van der Waals surface area contributed by atoms with Gasteiger partial charge in [0.1, 0.15) is 18.1 Å². The Morgan fingerprint density at radius 1 is 0.968 bits per heavy atom. The van der Waals surface area contributed by atoms with E-state index >= 15 is 0 Å². The summed E-state index contributed by atoms with van der Waals surface area (Å²) >= 11 is 5.46. The van der Waals surface area contributed by atoms with Crippen LogP contribution in [-0.4, -0.2) is 77.3 Å². The summed E-state index contributed by atoms with van der Waals surface area (Å²) in [6.07, 6.45) is 3.70. The number of unbranched alkanes of at least 4 members (excludes halogenated alkanes) is 1. The standard InChI is InChI=1S/C19H37N5O5S2/c1-11(2)15(18(27)23-14(19(28)29)7-9-31-3)24-17(26)13(6-4-5-8-20)22-16(25)12(21)10-30/h11-15,30H,4-10,20-21H2,1-3H3,(H,22,25)(H,23,27)(H,24,26)(H,28,29). The molecular weight excluding hydrogens is 442 g/mol. The average Bonchev–Trinajstić information content (AvgIpc) is 2.72. The van der Waals surface area contributed by atoms with Crippen LogP contribution in [0.15, 0.2) is 0 Å². The summed E-state index contributed by atoms with van der Waals surface area (Å²) in [6.45, 7) is 3.92. The third-order valence-electron chi connectivity index (χ3n) is 4.59. The number of nitrogens with one attached hydrogen (secondary N) is 3. The minimum Gasteiger partial charge on any atom is -0.480 e. The Balaban J connectivity index is 5.31. The zero-order valence-corrected chi connectivity index (χ0v) is 20.1. The number of carboxylic acids is 1. The van der Waals surface area contributed by atoms with Crippen LogP contribution in [0.4, 0.5) is 0 Å². The van der Waals surface area contributed by atoms with Gasteiger partial charge >= 0.3 is 5.97 Å². The van der Waals surface area contributed by atoms with Crippen molar-refractivity contribution in [2.45, 2.75) is 63.7 Å². The Morgan fingerprint density at radius 3 is 2.06 bits per heavy atom. The summed E-state index contributed by atoms with van der Waals surface area (Å²) in [5.74, 6) is -2.40. The maximum absolute atomic E-state index is 12.9. The molecule has 0 fully saturated rings. The summed E-state index contributed by atoms with van der Waals surface area (Å²) < 4.78 is 0. The van der Waals surface area contributed by atoms with Crippen molar-refractivity contribution in [2.75, 3.05) is 24.3 Å². The highest BCUT2D eigenvalue weighted by Gasteiger charge is 2.31. The van der Waals surface area contributed by atoms with Crippen molar-refractivity contribution in [3.05, 3.63) is 0 Å². The first kappa shape index (κ1) is 29.5. The molecule has 0 aromatic carbocycles. The maximum Gasteiger partial charge on any atom is 0.326 e. The van der Waals surface area contributed by atoms with E-state index in [-0.39, 0.29) is 18.1 Å². The molecule has 0 saturated heterocycles. The van der Waals surface area contributed by atoms with Gasteiger partial charge in [0.15, 0.2) is 0 Å². The monoisotopic (exact) mass is 479 g/mol. The number of hydrogen-bond acceptors (Lipinski definition) is 8. The molecule has 8 N–H and O–H groups in total. The lowest BCUT2D eigenvalue weighted by molar-refractivity contribution is -0.142. The van der Waals surface area contributed by atoms with Gasteiger partial charge < -0.3 is 32.5 Å². The van der Waals surface area contributed by atoms with Crippen LogP contribution in [0, 0.1) is 5.92 Å². The SMILES string of the molecule is CSCCC(NC(=O)C(NC(=O)C(CCCCN)NC(=O)C(N)CS)C(C)C)C(=O)O. The van der Waals surface area contributed by atoms with Gasteiger partial charge in [-0.05, 0) is 50.2 Å². The van der Waals surface area contributed by atoms with Crippen molar-refractivity contribution in [3.63, 3.8) is 0 Å². The first-order valence-corrected chi connectivity index (χ1v) is 12.3. The minimum atomic E-state index is -1.14. The minimum absolute atomic E-state index is 0.118. The first-order chi connectivity index (χ1) is 14.6. The fourth-order valence-electron chi connectivity index (χ4n) is 2.67. The fourth-order valence-corrected chi connectivity index (χ4v) is 3.30. The van der Waals surface area contributed by atoms with E-state index < -0.39 is 47.9 Å². The van der Waals surface area contributed by atoms with Crippen molar-refractivity contribution in [3.8, 4) is 0 Å². The van der Waals surface area contributed by atoms with Crippen LogP contribution >= 0.6 is 24.4 Å². The number of amides is 3. The molecule has 0 aliphatic rings. The molecule has 0 heterocycles. The van der Waals surface area contributed by atoms with Gasteiger partial charge in [-0.2, -0.15) is 24.4 Å². The highest BCUT2D eigenvalue weighted by molar-refractivity contribution is 7.98. The van der Waals surface area contributed by atoms with Gasteiger partial charge in [-0.15, -0.1) is 0 Å². The highest BCUT2D eigenvalue weighted by Crippen LogP contribution is 2.08. The Hall–Kier alpha value is -1.50. The van der Waals surface area contributed by atoms with Gasteiger partial charge in [0.25, 0.3) is 0 Å². The van der Waals surface area contributed by atoms with Gasteiger partial charge in [-0.25, -0.2) is 4.79 Å². The molecule has 0 radical (unpaired) electrons. The number of hydrogen-bond donors (Lipinski definition) is 7. The second-order valence-corrected chi connectivity index (χ2v) is 8.90. The number of thioether (sulfide) groups is 1. The van der Waals surface area contributed by atoms with Gasteiger partial charge in [0, 0.05) is 5.75 Å². The van der Waals surface area contributed by atoms with E-state index in [2.05, 4.69) is 28.6 Å². The molecule has 0 spiro atoms. The average molecular weight is 480 g/mol. The normalized spacial score (nSPS) is 14.9. The largest absolute Gasteiger partial charge is 0.480 e. The van der Waals surface area contributed by atoms with E-state index in [4.69, 9.17) is 11.5 Å². The van der Waals surface area contributed by atoms with Crippen LogP contribution in [0.3, 0.4) is 0 Å². The number of nitrogens with two attached hydrogens (primary N) is 2. The van der Waals surface area contributed by atoms with Gasteiger partial charge in [-0.1, -0.05) is 13.8 Å². The molecule has 3 amide bonds. The van der Waals surface area contributed by atoms with Crippen LogP contribution < -0.4 is 27.4 Å². The lowest BCUT2D eigenvalue weighted by Crippen LogP contribution is -2.58. The van der Waals surface area contributed by atoms with Crippen LogP contribution in [0.5, 0.6) is 0 Å². The molecule has 4 atom stereocenters. The van der Waals surface area contributed by atoms with Gasteiger partial charge in [0.2, 0.25) is 17.7 Å². The number of carbonyl (C=O) groups excluding carboxylic acids is 3. The first-order valence-electron chi connectivity index (χ1n) is 10.3. The third-order valence-corrected chi connectivity index (χ3v) is 5.62. The Labute approximate surface area is 193 Å². The summed E-state index contributed by atoms with van der Waals surface area (Å²) in [5.41, 5.74) is 11.2. The van der Waals surface area contributed by atoms with Crippen LogP contribution in [0.1, 0.15) is 39.5 Å². The van der Waals surface area contributed by atoms with Crippen LogP contribution in [0.25, 0.3) is 0 Å². The summed E-state index contributed by atoms with van der Waals surface area (Å²) in [7, 11) is 0. The lowest BCUT2D eigenvalue weighted by atomic mass is 10.0. The molecule has 0 aliphatic carbocycles. The molecule has 0 aromatic heterocycles. The highest BCUT2D eigenvalue weighted by atomic mass is 32.2. The molecule has 31 heavy (non-hydrogen) atoms. The van der Waals surface area contributed by atoms with Crippen molar-refractivity contribution in [1.82, 2.24) is 16.0 Å². The Morgan fingerprint density at radius 2 is 1.58 bits per heavy atom. The molecule has 0 aliphatic heterocycles. The van der Waals surface area contributed by atoms with E-state index in [9.17, 15) is 24.3 Å². The van der Waals surface area contributed by atoms with E-state index in [0.717, 1.165) is 0 Å². The predicted molar refractivity (Wildman–Crippen MR) is 126 cm³/mol. The van der Waals surface area contributed by atoms with E-state index in [1.54, 1.807) is 13.8 Å². The Bertz CT molecular complexity index is 594. The number of aliphatic carboxylic acids is 1. The topological polar surface area (TPSA) is 177 Å². The molecule has 0 rings (SSSR count). The molecular formula is C19H37N5O5S2. The molecule has 0 saturated carbocycles. The maximum atomic E-state index is 12.9. The van der Waals surface area contributed by atoms with Crippen molar-refractivity contribution in [1.29, 1.82) is 0 Å². The molecule has 10 nitrogen and oxygen atoms in total. The molecule has 0 aromatic rings. The predicted octanol–water partition coefficient (Wildman–Crippen LogP) is -0.679. The zero-order chi connectivity index (χ0) is 24.0. The van der Waals surface area contributed by atoms with Gasteiger partial charge in [0.05, 0.1) is 6.04 Å². The van der Waals surface area contributed by atoms with Crippen molar-refractivity contribution in [2.24, 2.45) is 17.4 Å². The smallest absolute Gasteiger partial charge is 0.326 e. The van der Waals surface area contributed by atoms with Crippen LogP contribution in [0.2, 0.25) is 0 Å².